The smallest absolute Gasteiger partial charge is 0.222 e. The molecule has 1 N–H and O–H groups in total. The molecule has 0 radical (unpaired) electrons. The van der Waals surface area contributed by atoms with E-state index in [0.717, 1.165) is 47.3 Å². The van der Waals surface area contributed by atoms with Crippen LogP contribution in [0.25, 0.3) is 10.8 Å². The quantitative estimate of drug-likeness (QED) is 0.574. The molecule has 2 fully saturated rings. The highest BCUT2D eigenvalue weighted by molar-refractivity contribution is 5.88. The average Bonchev–Trinajstić information content (AvgIpc) is 3.39. The van der Waals surface area contributed by atoms with Crippen LogP contribution in [0.5, 0.6) is 11.5 Å². The van der Waals surface area contributed by atoms with Gasteiger partial charge in [0.05, 0.1) is 6.54 Å². The molecule has 6 heteroatoms. The van der Waals surface area contributed by atoms with E-state index in [4.69, 9.17) is 9.47 Å². The maximum atomic E-state index is 11.7. The Morgan fingerprint density at radius 1 is 0.970 bits per heavy atom. The van der Waals surface area contributed by atoms with Crippen LogP contribution >= 0.6 is 0 Å². The second-order valence-electron chi connectivity index (χ2n) is 8.87. The number of benzene rings is 3. The number of nitrogens with zero attached hydrogens (tertiary/aromatic N) is 2. The monoisotopic (exact) mass is 446 g/mol. The van der Waals surface area contributed by atoms with Crippen molar-refractivity contribution in [1.29, 1.82) is 0 Å². The van der Waals surface area contributed by atoms with Gasteiger partial charge in [-0.15, -0.1) is 0 Å². The predicted octanol–water partition coefficient (Wildman–Crippen LogP) is 3.47. The van der Waals surface area contributed by atoms with Crippen LogP contribution in [0.1, 0.15) is 18.4 Å². The lowest BCUT2D eigenvalue weighted by molar-refractivity contribution is -0.128. The second kappa shape index (κ2) is 9.81. The van der Waals surface area contributed by atoms with E-state index in [9.17, 15) is 9.90 Å². The molecule has 0 aliphatic carbocycles. The third-order valence-electron chi connectivity index (χ3n) is 6.47. The normalized spacial score (nSPS) is 21.1. The number of aliphatic hydroxyl groups is 1. The molecule has 2 heterocycles. The lowest BCUT2D eigenvalue weighted by atomic mass is 10.1. The van der Waals surface area contributed by atoms with Crippen LogP contribution < -0.4 is 9.47 Å². The minimum Gasteiger partial charge on any atom is -0.492 e. The van der Waals surface area contributed by atoms with Crippen LogP contribution in [-0.2, 0) is 11.3 Å². The number of β-amino-alcohol motifs (C(OH)–C–C–N with tert-alkyl or cyclic N) is 1. The summed E-state index contributed by atoms with van der Waals surface area (Å²) in [6.45, 7) is 3.99. The Kier molecular flexibility index (Phi) is 6.46. The largest absolute Gasteiger partial charge is 0.492 e. The highest BCUT2D eigenvalue weighted by atomic mass is 16.5. The number of likely N-dealkylation sites (tertiary alicyclic amines) is 2. The minimum atomic E-state index is -0.528. The van der Waals surface area contributed by atoms with Crippen LogP contribution in [0.4, 0.5) is 0 Å². The molecular weight excluding hydrogens is 416 g/mol. The van der Waals surface area contributed by atoms with Gasteiger partial charge in [0.1, 0.15) is 30.3 Å². The summed E-state index contributed by atoms with van der Waals surface area (Å²) in [6, 6.07) is 22.2. The van der Waals surface area contributed by atoms with Crippen LogP contribution in [0.15, 0.2) is 66.7 Å². The van der Waals surface area contributed by atoms with Gasteiger partial charge in [0.15, 0.2) is 0 Å². The molecule has 2 aliphatic heterocycles. The zero-order valence-corrected chi connectivity index (χ0v) is 18.7. The Morgan fingerprint density at radius 3 is 2.61 bits per heavy atom. The Balaban J connectivity index is 1.13. The molecule has 172 valence electrons. The van der Waals surface area contributed by atoms with E-state index >= 15 is 0 Å². The molecule has 0 bridgehead atoms. The molecular formula is C27H30N2O4. The van der Waals surface area contributed by atoms with Gasteiger partial charge >= 0.3 is 0 Å². The molecule has 2 saturated heterocycles. The first-order valence-electron chi connectivity index (χ1n) is 11.7. The molecule has 3 aromatic rings. The molecule has 0 saturated carbocycles. The number of hydrogen-bond acceptors (Lipinski definition) is 5. The van der Waals surface area contributed by atoms with Crippen LogP contribution in [0, 0.1) is 0 Å². The fraction of sp³-hybridized carbons (Fsp3) is 0.370. The number of carbonyl (C=O) groups is 1. The number of ether oxygens (including phenoxy) is 2. The van der Waals surface area contributed by atoms with E-state index in [2.05, 4.69) is 35.2 Å². The van der Waals surface area contributed by atoms with E-state index in [1.54, 1.807) is 0 Å². The van der Waals surface area contributed by atoms with Crippen molar-refractivity contribution in [3.8, 4) is 11.5 Å². The first-order valence-corrected chi connectivity index (χ1v) is 11.7. The summed E-state index contributed by atoms with van der Waals surface area (Å²) in [6.07, 6.45) is 0.826. The lowest BCUT2D eigenvalue weighted by Crippen LogP contribution is -2.30. The molecule has 6 nitrogen and oxygen atoms in total. The van der Waals surface area contributed by atoms with Crippen molar-refractivity contribution in [2.75, 3.05) is 32.8 Å². The standard InChI is InChI=1S/C27H30N2O4/c30-24-18-28(19-26(24)33-25-8-3-6-21-5-1-2-7-23(21)25)17-20-10-12-22(13-11-20)32-16-15-29-14-4-9-27(29)31/h1-3,5-8,10-13,24,26,30H,4,9,14-19H2/t24-,26-/m0/s1. The van der Waals surface area contributed by atoms with Crippen molar-refractivity contribution in [3.05, 3.63) is 72.3 Å². The number of aliphatic hydroxyl groups excluding tert-OH is 1. The molecule has 5 rings (SSSR count). The number of rotatable bonds is 8. The highest BCUT2D eigenvalue weighted by Gasteiger charge is 2.33. The second-order valence-corrected chi connectivity index (χ2v) is 8.87. The number of amides is 1. The molecule has 2 atom stereocenters. The van der Waals surface area contributed by atoms with Gasteiger partial charge in [-0.1, -0.05) is 48.5 Å². The molecule has 2 aliphatic rings. The van der Waals surface area contributed by atoms with Gasteiger partial charge in [-0.2, -0.15) is 0 Å². The fourth-order valence-corrected chi connectivity index (χ4v) is 4.70. The van der Waals surface area contributed by atoms with Crippen molar-refractivity contribution in [2.45, 2.75) is 31.6 Å². The fourth-order valence-electron chi connectivity index (χ4n) is 4.70. The molecule has 3 aromatic carbocycles. The number of carbonyl (C=O) groups excluding carboxylic acids is 1. The molecule has 33 heavy (non-hydrogen) atoms. The Hall–Kier alpha value is -3.09. The number of fused-ring (bicyclic) bond motifs is 1. The van der Waals surface area contributed by atoms with E-state index in [1.807, 2.05) is 41.3 Å². The molecule has 0 unspecified atom stereocenters. The summed E-state index contributed by atoms with van der Waals surface area (Å²) in [7, 11) is 0. The van der Waals surface area contributed by atoms with Crippen LogP contribution in [-0.4, -0.2) is 65.8 Å². The van der Waals surface area contributed by atoms with Crippen molar-refractivity contribution in [2.24, 2.45) is 0 Å². The Morgan fingerprint density at radius 2 is 1.79 bits per heavy atom. The van der Waals surface area contributed by atoms with Crippen molar-refractivity contribution in [1.82, 2.24) is 9.80 Å². The first kappa shape index (κ1) is 21.7. The summed E-state index contributed by atoms with van der Waals surface area (Å²) in [5, 5.41) is 12.8. The van der Waals surface area contributed by atoms with Crippen LogP contribution in [0.3, 0.4) is 0 Å². The zero-order valence-electron chi connectivity index (χ0n) is 18.7. The SMILES string of the molecule is O=C1CCCN1CCOc1ccc(CN2C[C@H](Oc3cccc4ccccc34)[C@@H](O)C2)cc1. The minimum absolute atomic E-state index is 0.226. The lowest BCUT2D eigenvalue weighted by Gasteiger charge is -2.18. The highest BCUT2D eigenvalue weighted by Crippen LogP contribution is 2.28. The third kappa shape index (κ3) is 5.13. The summed E-state index contributed by atoms with van der Waals surface area (Å²) >= 11 is 0. The Bertz CT molecular complexity index is 1100. The third-order valence-corrected chi connectivity index (χ3v) is 6.47. The summed E-state index contributed by atoms with van der Waals surface area (Å²) in [5.41, 5.74) is 1.16. The summed E-state index contributed by atoms with van der Waals surface area (Å²) < 4.78 is 12.1. The van der Waals surface area contributed by atoms with Gasteiger partial charge in [-0.25, -0.2) is 0 Å². The van der Waals surface area contributed by atoms with Gasteiger partial charge in [0.2, 0.25) is 5.91 Å². The molecule has 0 spiro atoms. The van der Waals surface area contributed by atoms with Gasteiger partial charge in [0, 0.05) is 38.0 Å². The first-order chi connectivity index (χ1) is 16.2. The average molecular weight is 447 g/mol. The molecule has 0 aromatic heterocycles. The maximum absolute atomic E-state index is 11.7. The van der Waals surface area contributed by atoms with E-state index < -0.39 is 6.10 Å². The van der Waals surface area contributed by atoms with Gasteiger partial charge in [-0.05, 0) is 35.6 Å². The van der Waals surface area contributed by atoms with E-state index in [-0.39, 0.29) is 12.0 Å². The van der Waals surface area contributed by atoms with Crippen molar-refractivity contribution >= 4 is 16.7 Å². The Labute approximate surface area is 194 Å². The zero-order chi connectivity index (χ0) is 22.6. The van der Waals surface area contributed by atoms with Crippen molar-refractivity contribution in [3.63, 3.8) is 0 Å². The molecule has 1 amide bonds. The van der Waals surface area contributed by atoms with Crippen LogP contribution in [0.2, 0.25) is 0 Å². The number of hydrogen-bond donors (Lipinski definition) is 1. The maximum Gasteiger partial charge on any atom is 0.222 e. The van der Waals surface area contributed by atoms with Crippen molar-refractivity contribution < 1.29 is 19.4 Å². The van der Waals surface area contributed by atoms with E-state index in [1.165, 1.54) is 0 Å². The van der Waals surface area contributed by atoms with Gasteiger partial charge < -0.3 is 19.5 Å². The topological polar surface area (TPSA) is 62.2 Å². The van der Waals surface area contributed by atoms with Gasteiger partial charge in [-0.3, -0.25) is 9.69 Å². The van der Waals surface area contributed by atoms with Gasteiger partial charge in [0.25, 0.3) is 0 Å². The summed E-state index contributed by atoms with van der Waals surface area (Å²) in [4.78, 5) is 15.8. The predicted molar refractivity (Wildman–Crippen MR) is 127 cm³/mol. The van der Waals surface area contributed by atoms with E-state index in [0.29, 0.717) is 32.7 Å². The summed E-state index contributed by atoms with van der Waals surface area (Å²) in [5.74, 6) is 1.85.